The molecule has 0 aromatic heterocycles. The number of guanidine groups is 1. The lowest BCUT2D eigenvalue weighted by atomic mass is 10.1. The van der Waals surface area contributed by atoms with E-state index in [1.165, 1.54) is 5.56 Å². The Balaban J connectivity index is 2.15. The zero-order valence-electron chi connectivity index (χ0n) is 8.66. The normalized spacial score (nSPS) is 9.87. The van der Waals surface area contributed by atoms with Crippen LogP contribution in [0.5, 0.6) is 0 Å². The summed E-state index contributed by atoms with van der Waals surface area (Å²) in [6, 6.07) is 7.76. The summed E-state index contributed by atoms with van der Waals surface area (Å²) < 4.78 is 0. The first-order valence-electron chi connectivity index (χ1n) is 4.95. The number of nitrogens with two attached hydrogens (primary N) is 2. The molecule has 0 saturated heterocycles. The molecule has 81 valence electrons. The molecular weight excluding hydrogens is 188 g/mol. The van der Waals surface area contributed by atoms with Crippen molar-refractivity contribution < 1.29 is 0 Å². The summed E-state index contributed by atoms with van der Waals surface area (Å²) >= 11 is 0. The first-order chi connectivity index (χ1) is 7.18. The average Bonchev–Trinajstić information content (AvgIpc) is 2.20. The minimum Gasteiger partial charge on any atom is -0.399 e. The quantitative estimate of drug-likeness (QED) is 0.251. The molecule has 0 aliphatic rings. The van der Waals surface area contributed by atoms with E-state index in [9.17, 15) is 0 Å². The van der Waals surface area contributed by atoms with E-state index in [2.05, 4.69) is 11.7 Å². The largest absolute Gasteiger partial charge is 0.399 e. The van der Waals surface area contributed by atoms with Gasteiger partial charge >= 0.3 is 0 Å². The lowest BCUT2D eigenvalue weighted by molar-refractivity contribution is 0.764. The maximum Gasteiger partial charge on any atom is 0.185 e. The highest BCUT2D eigenvalue weighted by Crippen LogP contribution is 2.10. The molecule has 0 unspecified atom stereocenters. The van der Waals surface area contributed by atoms with Crippen LogP contribution in [0.4, 0.5) is 5.69 Å². The number of benzene rings is 1. The number of unbranched alkanes of at least 4 members (excludes halogenated alkanes) is 1. The summed E-state index contributed by atoms with van der Waals surface area (Å²) in [5.74, 6) is 0.0301. The van der Waals surface area contributed by atoms with Gasteiger partial charge in [-0.1, -0.05) is 12.1 Å². The molecule has 0 bridgehead atoms. The Kier molecular flexibility index (Phi) is 4.47. The van der Waals surface area contributed by atoms with E-state index in [1.54, 1.807) is 0 Å². The Hall–Kier alpha value is -1.71. The van der Waals surface area contributed by atoms with Crippen molar-refractivity contribution >= 4 is 11.6 Å². The summed E-state index contributed by atoms with van der Waals surface area (Å²) in [4.78, 5) is 0. The molecule has 4 heteroatoms. The number of rotatable bonds is 5. The molecule has 0 spiro atoms. The van der Waals surface area contributed by atoms with Gasteiger partial charge in [-0.2, -0.15) is 0 Å². The Labute approximate surface area is 90.2 Å². The fourth-order valence-corrected chi connectivity index (χ4v) is 1.23. The zero-order valence-corrected chi connectivity index (χ0v) is 8.66. The van der Waals surface area contributed by atoms with Gasteiger partial charge in [0.05, 0.1) is 0 Å². The molecule has 1 aromatic rings. The molecule has 1 aromatic carbocycles. The summed E-state index contributed by atoms with van der Waals surface area (Å²) in [6.45, 7) is 0.737. The van der Waals surface area contributed by atoms with Gasteiger partial charge < -0.3 is 16.8 Å². The Morgan fingerprint density at radius 2 is 2.00 bits per heavy atom. The molecule has 0 amide bonds. The van der Waals surface area contributed by atoms with E-state index in [1.807, 2.05) is 24.3 Å². The van der Waals surface area contributed by atoms with Gasteiger partial charge in [-0.3, -0.25) is 5.41 Å². The van der Waals surface area contributed by atoms with Crippen LogP contribution in [0.15, 0.2) is 24.3 Å². The second-order valence-corrected chi connectivity index (χ2v) is 3.35. The van der Waals surface area contributed by atoms with Crippen molar-refractivity contribution in [2.75, 3.05) is 12.3 Å². The summed E-state index contributed by atoms with van der Waals surface area (Å²) in [5, 5.41) is 9.72. The highest BCUT2D eigenvalue weighted by Gasteiger charge is 1.94. The molecule has 15 heavy (non-hydrogen) atoms. The molecule has 4 nitrogen and oxygen atoms in total. The second-order valence-electron chi connectivity index (χ2n) is 3.35. The van der Waals surface area contributed by atoms with E-state index in [0.717, 1.165) is 25.1 Å². The van der Waals surface area contributed by atoms with Gasteiger partial charge in [0.25, 0.3) is 0 Å². The van der Waals surface area contributed by atoms with Crippen LogP contribution in [0, 0.1) is 11.8 Å². The molecule has 1 rings (SSSR count). The van der Waals surface area contributed by atoms with Gasteiger partial charge in [0.1, 0.15) is 0 Å². The first kappa shape index (κ1) is 11.4. The van der Waals surface area contributed by atoms with Gasteiger partial charge in [0, 0.05) is 12.2 Å². The third kappa shape index (κ3) is 4.90. The number of anilines is 1. The number of nitrogen functional groups attached to an aromatic ring is 1. The molecule has 0 saturated carbocycles. The van der Waals surface area contributed by atoms with Crippen molar-refractivity contribution in [2.24, 2.45) is 5.73 Å². The Morgan fingerprint density at radius 3 is 2.60 bits per heavy atom. The Morgan fingerprint density at radius 1 is 1.33 bits per heavy atom. The highest BCUT2D eigenvalue weighted by atomic mass is 15.0. The van der Waals surface area contributed by atoms with Crippen LogP contribution in [0.1, 0.15) is 18.4 Å². The van der Waals surface area contributed by atoms with Crippen molar-refractivity contribution in [1.29, 1.82) is 5.41 Å². The Bertz CT molecular complexity index is 305. The minimum atomic E-state index is 0.0301. The maximum absolute atomic E-state index is 6.96. The lowest BCUT2D eigenvalue weighted by Gasteiger charge is -2.03. The minimum absolute atomic E-state index is 0.0301. The van der Waals surface area contributed by atoms with E-state index in [4.69, 9.17) is 16.9 Å². The smallest absolute Gasteiger partial charge is 0.185 e. The fourth-order valence-electron chi connectivity index (χ4n) is 1.23. The highest BCUT2D eigenvalue weighted by molar-refractivity contribution is 5.74. The predicted octanol–water partition coefficient (Wildman–Crippen LogP) is 1.08. The number of hydrogen-bond acceptors (Lipinski definition) is 2. The third-order valence-corrected chi connectivity index (χ3v) is 2.01. The van der Waals surface area contributed by atoms with Gasteiger partial charge in [-0.05, 0) is 37.0 Å². The summed E-state index contributed by atoms with van der Waals surface area (Å²) in [7, 11) is 0. The predicted molar refractivity (Wildman–Crippen MR) is 63.4 cm³/mol. The van der Waals surface area contributed by atoms with Gasteiger partial charge in [-0.15, -0.1) is 0 Å². The van der Waals surface area contributed by atoms with Crippen molar-refractivity contribution in [2.45, 2.75) is 12.8 Å². The van der Waals surface area contributed by atoms with Crippen molar-refractivity contribution in [3.63, 3.8) is 0 Å². The molecule has 0 atom stereocenters. The van der Waals surface area contributed by atoms with Crippen molar-refractivity contribution in [3.05, 3.63) is 36.2 Å². The average molecular weight is 205 g/mol. The van der Waals surface area contributed by atoms with E-state index >= 15 is 0 Å². The first-order valence-corrected chi connectivity index (χ1v) is 4.95. The van der Waals surface area contributed by atoms with Crippen LogP contribution < -0.4 is 16.8 Å². The van der Waals surface area contributed by atoms with Crippen molar-refractivity contribution in [3.8, 4) is 0 Å². The van der Waals surface area contributed by atoms with E-state index in [-0.39, 0.29) is 5.96 Å². The third-order valence-electron chi connectivity index (χ3n) is 2.01. The van der Waals surface area contributed by atoms with Crippen LogP contribution >= 0.6 is 0 Å². The lowest BCUT2D eigenvalue weighted by Crippen LogP contribution is -2.30. The van der Waals surface area contributed by atoms with Crippen LogP contribution in [0.3, 0.4) is 0 Å². The molecule has 0 fully saturated rings. The molecule has 0 heterocycles. The topological polar surface area (TPSA) is 87.9 Å². The number of nitrogens with one attached hydrogen (secondary N) is 2. The van der Waals surface area contributed by atoms with Gasteiger partial charge in [0.2, 0.25) is 0 Å². The van der Waals surface area contributed by atoms with Gasteiger partial charge in [0.15, 0.2) is 5.96 Å². The van der Waals surface area contributed by atoms with Crippen LogP contribution in [-0.2, 0) is 0 Å². The zero-order chi connectivity index (χ0) is 11.1. The van der Waals surface area contributed by atoms with E-state index in [0.29, 0.717) is 0 Å². The fraction of sp³-hybridized carbons (Fsp3) is 0.273. The summed E-state index contributed by atoms with van der Waals surface area (Å²) in [6.07, 6.45) is 4.06. The van der Waals surface area contributed by atoms with Crippen LogP contribution in [0.2, 0.25) is 0 Å². The molecule has 0 aliphatic carbocycles. The molecule has 0 aliphatic heterocycles. The molecular formula is C11H17N4. The van der Waals surface area contributed by atoms with E-state index < -0.39 is 0 Å². The van der Waals surface area contributed by atoms with Crippen LogP contribution in [0.25, 0.3) is 0 Å². The molecule has 6 N–H and O–H groups in total. The standard InChI is InChI=1S/C11H17N4/c12-10-6-4-9(5-7-10)3-1-2-8-15-11(13)14/h3-7H,1-2,8,12H2,(H4,13,14,15). The number of hydrogen-bond donors (Lipinski definition) is 4. The monoisotopic (exact) mass is 205 g/mol. The molecule has 1 radical (unpaired) electrons. The maximum atomic E-state index is 6.96. The second kappa shape index (κ2) is 5.90. The summed E-state index contributed by atoms with van der Waals surface area (Å²) in [5.41, 5.74) is 12.7. The van der Waals surface area contributed by atoms with Gasteiger partial charge in [-0.25, -0.2) is 0 Å². The SMILES string of the molecule is N=C(N)NCCC[CH]c1ccc(N)cc1. The van der Waals surface area contributed by atoms with Crippen LogP contribution in [-0.4, -0.2) is 12.5 Å². The van der Waals surface area contributed by atoms with Crippen molar-refractivity contribution in [1.82, 2.24) is 5.32 Å².